The van der Waals surface area contributed by atoms with Gasteiger partial charge in [-0.1, -0.05) is 0 Å². The molecule has 0 spiro atoms. The lowest BCUT2D eigenvalue weighted by molar-refractivity contribution is -0.137. The molecular formula is C9H14N2O4S2. The number of aromatic nitrogens is 1. The van der Waals surface area contributed by atoms with Crippen molar-refractivity contribution >= 4 is 27.3 Å². The third kappa shape index (κ3) is 5.24. The van der Waals surface area contributed by atoms with Crippen LogP contribution in [0.4, 0.5) is 0 Å². The topological polar surface area (TPSA) is 96.4 Å². The average molecular weight is 278 g/mol. The minimum Gasteiger partial charge on any atom is -0.481 e. The minimum atomic E-state index is -3.40. The van der Waals surface area contributed by atoms with Crippen molar-refractivity contribution in [3.8, 4) is 0 Å². The zero-order chi connectivity index (χ0) is 12.9. The highest BCUT2D eigenvalue weighted by Gasteiger charge is 2.12. The average Bonchev–Trinajstić information content (AvgIpc) is 2.60. The largest absolute Gasteiger partial charge is 0.481 e. The molecular weight excluding hydrogens is 264 g/mol. The summed E-state index contributed by atoms with van der Waals surface area (Å²) in [6, 6.07) is 0. The van der Waals surface area contributed by atoms with E-state index in [0.29, 0.717) is 0 Å². The van der Waals surface area contributed by atoms with Crippen LogP contribution in [0.5, 0.6) is 0 Å². The first-order valence-corrected chi connectivity index (χ1v) is 7.52. The summed E-state index contributed by atoms with van der Waals surface area (Å²) in [5, 5.41) is 8.41. The summed E-state index contributed by atoms with van der Waals surface area (Å²) < 4.78 is 25.4. The Hall–Kier alpha value is -0.990. The van der Waals surface area contributed by atoms with Gasteiger partial charge < -0.3 is 5.11 Å². The fourth-order valence-corrected chi connectivity index (χ4v) is 3.00. The first-order valence-electron chi connectivity index (χ1n) is 4.99. The number of nitrogens with one attached hydrogen (secondary N) is 1. The van der Waals surface area contributed by atoms with Crippen LogP contribution < -0.4 is 4.72 Å². The molecule has 0 saturated heterocycles. The van der Waals surface area contributed by atoms with Gasteiger partial charge in [0.05, 0.1) is 17.0 Å². The maximum Gasteiger partial charge on any atom is 0.303 e. The van der Waals surface area contributed by atoms with Crippen LogP contribution in [0.1, 0.15) is 23.4 Å². The lowest BCUT2D eigenvalue weighted by Gasteiger charge is -2.04. The number of aliphatic carboxylic acids is 1. The highest BCUT2D eigenvalue weighted by molar-refractivity contribution is 7.89. The second-order valence-corrected chi connectivity index (χ2v) is 6.36. The van der Waals surface area contributed by atoms with Crippen molar-refractivity contribution in [3.05, 3.63) is 16.1 Å². The van der Waals surface area contributed by atoms with Gasteiger partial charge in [-0.25, -0.2) is 18.1 Å². The van der Waals surface area contributed by atoms with E-state index in [1.807, 2.05) is 6.92 Å². The first kappa shape index (κ1) is 14.1. The molecule has 1 aromatic rings. The second-order valence-electron chi connectivity index (χ2n) is 3.50. The number of hydrogen-bond donors (Lipinski definition) is 2. The van der Waals surface area contributed by atoms with Crippen molar-refractivity contribution in [2.75, 3.05) is 5.75 Å². The van der Waals surface area contributed by atoms with Gasteiger partial charge in [0.1, 0.15) is 0 Å². The van der Waals surface area contributed by atoms with Crippen LogP contribution in [0.3, 0.4) is 0 Å². The van der Waals surface area contributed by atoms with E-state index in [9.17, 15) is 13.2 Å². The van der Waals surface area contributed by atoms with Crippen molar-refractivity contribution in [2.24, 2.45) is 0 Å². The third-order valence-corrected chi connectivity index (χ3v) is 4.45. The Bertz CT molecular complexity index is 481. The minimum absolute atomic E-state index is 0.117. The van der Waals surface area contributed by atoms with Crippen LogP contribution in [0.2, 0.25) is 0 Å². The van der Waals surface area contributed by atoms with Crippen molar-refractivity contribution in [1.29, 1.82) is 0 Å². The summed E-state index contributed by atoms with van der Waals surface area (Å²) in [6.45, 7) is 2.02. The van der Waals surface area contributed by atoms with Gasteiger partial charge in [0, 0.05) is 17.8 Å². The van der Waals surface area contributed by atoms with E-state index in [2.05, 4.69) is 9.71 Å². The Morgan fingerprint density at radius 3 is 2.82 bits per heavy atom. The molecule has 0 unspecified atom stereocenters. The highest BCUT2D eigenvalue weighted by atomic mass is 32.2. The molecule has 17 heavy (non-hydrogen) atoms. The number of thiazole rings is 1. The van der Waals surface area contributed by atoms with Crippen LogP contribution in [0.25, 0.3) is 0 Å². The first-order chi connectivity index (χ1) is 7.91. The molecule has 1 heterocycles. The quantitative estimate of drug-likeness (QED) is 0.766. The van der Waals surface area contributed by atoms with E-state index in [1.165, 1.54) is 11.3 Å². The van der Waals surface area contributed by atoms with Crippen molar-refractivity contribution in [2.45, 2.75) is 26.3 Å². The molecule has 0 aliphatic heterocycles. The van der Waals surface area contributed by atoms with Gasteiger partial charge in [0.2, 0.25) is 10.0 Å². The molecule has 1 rings (SSSR count). The molecule has 0 bridgehead atoms. The van der Waals surface area contributed by atoms with Crippen LogP contribution in [-0.4, -0.2) is 30.2 Å². The number of nitrogens with zero attached hydrogens (tertiary/aromatic N) is 1. The maximum absolute atomic E-state index is 11.5. The fraction of sp³-hybridized carbons (Fsp3) is 0.556. The molecule has 0 fully saturated rings. The van der Waals surface area contributed by atoms with Gasteiger partial charge in [-0.15, -0.1) is 11.3 Å². The maximum atomic E-state index is 11.5. The van der Waals surface area contributed by atoms with Gasteiger partial charge in [0.25, 0.3) is 0 Å². The van der Waals surface area contributed by atoms with Gasteiger partial charge in [-0.05, 0) is 13.3 Å². The molecule has 6 nitrogen and oxygen atoms in total. The standard InChI is InChI=1S/C9H14N2O4S2/c1-7-8(16-6-10-7)5-11-17(14,15)4-2-3-9(12)13/h6,11H,2-5H2,1H3,(H,12,13). The SMILES string of the molecule is Cc1ncsc1CNS(=O)(=O)CCCC(=O)O. The molecule has 0 amide bonds. The molecule has 0 aromatic carbocycles. The zero-order valence-corrected chi connectivity index (χ0v) is 11.0. The van der Waals surface area contributed by atoms with Crippen LogP contribution in [0.15, 0.2) is 5.51 Å². The number of hydrogen-bond acceptors (Lipinski definition) is 5. The van der Waals surface area contributed by atoms with Crippen molar-refractivity contribution in [3.63, 3.8) is 0 Å². The Labute approximate surface area is 104 Å². The van der Waals surface area contributed by atoms with Crippen molar-refractivity contribution in [1.82, 2.24) is 9.71 Å². The van der Waals surface area contributed by atoms with E-state index in [0.717, 1.165) is 10.6 Å². The predicted octanol–water partition coefficient (Wildman–Crippen LogP) is 0.736. The molecule has 96 valence electrons. The van der Waals surface area contributed by atoms with E-state index in [1.54, 1.807) is 5.51 Å². The summed E-state index contributed by atoms with van der Waals surface area (Å²) in [5.74, 6) is -1.16. The summed E-state index contributed by atoms with van der Waals surface area (Å²) in [6.07, 6.45) is -0.0210. The molecule has 0 saturated carbocycles. The Morgan fingerprint density at radius 2 is 2.29 bits per heavy atom. The molecule has 0 atom stereocenters. The smallest absolute Gasteiger partial charge is 0.303 e. The molecule has 0 aliphatic carbocycles. The Kier molecular flexibility index (Phi) is 5.03. The highest BCUT2D eigenvalue weighted by Crippen LogP contribution is 2.11. The molecule has 0 radical (unpaired) electrons. The molecule has 2 N–H and O–H groups in total. The summed E-state index contributed by atoms with van der Waals surface area (Å²) >= 11 is 1.39. The van der Waals surface area contributed by atoms with Gasteiger partial charge in [0.15, 0.2) is 0 Å². The number of rotatable bonds is 7. The predicted molar refractivity (Wildman–Crippen MR) is 64.3 cm³/mol. The number of sulfonamides is 1. The lowest BCUT2D eigenvalue weighted by Crippen LogP contribution is -2.26. The van der Waals surface area contributed by atoms with Crippen LogP contribution >= 0.6 is 11.3 Å². The summed E-state index contributed by atoms with van der Waals surface area (Å²) in [4.78, 5) is 15.1. The Balaban J connectivity index is 2.40. The van der Waals surface area contributed by atoms with Gasteiger partial charge >= 0.3 is 5.97 Å². The summed E-state index contributed by atoms with van der Waals surface area (Å²) in [5.41, 5.74) is 2.46. The van der Waals surface area contributed by atoms with E-state index in [-0.39, 0.29) is 25.1 Å². The van der Waals surface area contributed by atoms with Crippen LogP contribution in [0, 0.1) is 6.92 Å². The van der Waals surface area contributed by atoms with Crippen LogP contribution in [-0.2, 0) is 21.4 Å². The monoisotopic (exact) mass is 278 g/mol. The number of carboxylic acid groups (broad SMARTS) is 1. The summed E-state index contributed by atoms with van der Waals surface area (Å²) in [7, 11) is -3.40. The van der Waals surface area contributed by atoms with E-state index in [4.69, 9.17) is 5.11 Å². The number of aryl methyl sites for hydroxylation is 1. The molecule has 1 aromatic heterocycles. The lowest BCUT2D eigenvalue weighted by atomic mass is 10.3. The van der Waals surface area contributed by atoms with Crippen molar-refractivity contribution < 1.29 is 18.3 Å². The zero-order valence-electron chi connectivity index (χ0n) is 9.34. The number of carbonyl (C=O) groups is 1. The van der Waals surface area contributed by atoms with E-state index >= 15 is 0 Å². The third-order valence-electron chi connectivity index (χ3n) is 2.10. The second kappa shape index (κ2) is 6.08. The van der Waals surface area contributed by atoms with Gasteiger partial charge in [-0.3, -0.25) is 4.79 Å². The van der Waals surface area contributed by atoms with Gasteiger partial charge in [-0.2, -0.15) is 0 Å². The normalized spacial score (nSPS) is 11.6. The Morgan fingerprint density at radius 1 is 1.59 bits per heavy atom. The number of carboxylic acids is 1. The molecule has 8 heteroatoms. The van der Waals surface area contributed by atoms with E-state index < -0.39 is 16.0 Å². The fourth-order valence-electron chi connectivity index (χ4n) is 1.16. The molecule has 0 aliphatic rings.